The number of nitrogens with zero attached hydrogens (tertiary/aromatic N) is 4. The van der Waals surface area contributed by atoms with E-state index in [1.54, 1.807) is 0 Å². The van der Waals surface area contributed by atoms with Crippen molar-refractivity contribution in [3.05, 3.63) is 60.2 Å². The SMILES string of the molecule is O=S1(=O)CCC(Cc2nc3ccccc3n2CN2CCN(c3ccc(F)cc3)CC2)C1. The van der Waals surface area contributed by atoms with Gasteiger partial charge in [0.05, 0.1) is 29.2 Å². The minimum atomic E-state index is -2.90. The molecule has 0 N–H and O–H groups in total. The number of halogens is 1. The van der Waals surface area contributed by atoms with Gasteiger partial charge in [0.15, 0.2) is 9.84 Å². The number of rotatable bonds is 5. The number of para-hydroxylation sites is 2. The van der Waals surface area contributed by atoms with Crippen LogP contribution >= 0.6 is 0 Å². The maximum Gasteiger partial charge on any atom is 0.150 e. The van der Waals surface area contributed by atoms with E-state index in [1.807, 2.05) is 30.3 Å². The number of imidazole rings is 1. The highest BCUT2D eigenvalue weighted by Gasteiger charge is 2.30. The molecule has 0 amide bonds. The van der Waals surface area contributed by atoms with Gasteiger partial charge in [-0.1, -0.05) is 12.1 Å². The first-order valence-corrected chi connectivity index (χ1v) is 12.7. The summed E-state index contributed by atoms with van der Waals surface area (Å²) in [6.07, 6.45) is 1.42. The van der Waals surface area contributed by atoms with Gasteiger partial charge in [0.25, 0.3) is 0 Å². The van der Waals surface area contributed by atoms with Crippen LogP contribution in [0.5, 0.6) is 0 Å². The third-order valence-corrected chi connectivity index (χ3v) is 8.27. The fourth-order valence-electron chi connectivity index (χ4n) is 4.73. The number of hydrogen-bond acceptors (Lipinski definition) is 5. The number of sulfone groups is 1. The van der Waals surface area contributed by atoms with E-state index in [2.05, 4.69) is 20.4 Å². The Hall–Kier alpha value is -2.45. The van der Waals surface area contributed by atoms with Crippen LogP contribution in [0.3, 0.4) is 0 Å². The average Bonchev–Trinajstić information content (AvgIpc) is 3.28. The molecule has 164 valence electrons. The lowest BCUT2D eigenvalue weighted by molar-refractivity contribution is 0.205. The highest BCUT2D eigenvalue weighted by molar-refractivity contribution is 7.91. The Kier molecular flexibility index (Phi) is 5.44. The Labute approximate surface area is 182 Å². The largest absolute Gasteiger partial charge is 0.369 e. The lowest BCUT2D eigenvalue weighted by Crippen LogP contribution is -2.47. The molecule has 0 aliphatic carbocycles. The summed E-state index contributed by atoms with van der Waals surface area (Å²) in [4.78, 5) is 9.55. The van der Waals surface area contributed by atoms with Gasteiger partial charge in [-0.25, -0.2) is 17.8 Å². The lowest BCUT2D eigenvalue weighted by atomic mass is 10.1. The van der Waals surface area contributed by atoms with Crippen LogP contribution in [-0.4, -0.2) is 60.6 Å². The van der Waals surface area contributed by atoms with Gasteiger partial charge in [0, 0.05) is 38.3 Å². The molecule has 0 saturated carbocycles. The Morgan fingerprint density at radius 1 is 1.00 bits per heavy atom. The second kappa shape index (κ2) is 8.24. The van der Waals surface area contributed by atoms with Gasteiger partial charge >= 0.3 is 0 Å². The first-order chi connectivity index (χ1) is 15.0. The van der Waals surface area contributed by atoms with Gasteiger partial charge in [-0.3, -0.25) is 4.90 Å². The zero-order valence-corrected chi connectivity index (χ0v) is 18.3. The van der Waals surface area contributed by atoms with E-state index in [-0.39, 0.29) is 17.5 Å². The fourth-order valence-corrected chi connectivity index (χ4v) is 6.59. The van der Waals surface area contributed by atoms with Crippen LogP contribution in [0, 0.1) is 11.7 Å². The molecular weight excluding hydrogens is 415 g/mol. The van der Waals surface area contributed by atoms with Crippen molar-refractivity contribution < 1.29 is 12.8 Å². The predicted octanol–water partition coefficient (Wildman–Crippen LogP) is 2.93. The maximum atomic E-state index is 13.2. The first kappa shape index (κ1) is 20.5. The van der Waals surface area contributed by atoms with Crippen molar-refractivity contribution >= 4 is 26.6 Å². The summed E-state index contributed by atoms with van der Waals surface area (Å²) in [6.45, 7) is 4.32. The molecule has 3 heterocycles. The third-order valence-electron chi connectivity index (χ3n) is 6.44. The zero-order chi connectivity index (χ0) is 21.4. The molecule has 2 aliphatic rings. The van der Waals surface area contributed by atoms with E-state index in [9.17, 15) is 12.8 Å². The molecule has 2 fully saturated rings. The van der Waals surface area contributed by atoms with Crippen LogP contribution in [0.4, 0.5) is 10.1 Å². The molecule has 8 heteroatoms. The van der Waals surface area contributed by atoms with E-state index in [1.165, 1.54) is 12.1 Å². The molecule has 0 radical (unpaired) electrons. The normalized spacial score (nSPS) is 21.7. The smallest absolute Gasteiger partial charge is 0.150 e. The van der Waals surface area contributed by atoms with Gasteiger partial charge < -0.3 is 9.47 Å². The number of anilines is 1. The van der Waals surface area contributed by atoms with Gasteiger partial charge in [-0.2, -0.15) is 0 Å². The summed E-state index contributed by atoms with van der Waals surface area (Å²) in [5, 5.41) is 0. The minimum absolute atomic E-state index is 0.149. The molecule has 2 aliphatic heterocycles. The van der Waals surface area contributed by atoms with E-state index in [4.69, 9.17) is 4.98 Å². The van der Waals surface area contributed by atoms with Crippen molar-refractivity contribution in [3.63, 3.8) is 0 Å². The summed E-state index contributed by atoms with van der Waals surface area (Å²) in [5.41, 5.74) is 3.11. The van der Waals surface area contributed by atoms with Crippen molar-refractivity contribution in [2.75, 3.05) is 42.6 Å². The van der Waals surface area contributed by atoms with Crippen LogP contribution in [0.1, 0.15) is 12.2 Å². The second-order valence-corrected chi connectivity index (χ2v) is 10.9. The molecule has 1 aromatic heterocycles. The van der Waals surface area contributed by atoms with Gasteiger partial charge in [-0.15, -0.1) is 0 Å². The number of aromatic nitrogens is 2. The number of fused-ring (bicyclic) bond motifs is 1. The summed E-state index contributed by atoms with van der Waals surface area (Å²) < 4.78 is 39.3. The number of benzene rings is 2. The summed E-state index contributed by atoms with van der Waals surface area (Å²) in [5.74, 6) is 1.48. The molecule has 31 heavy (non-hydrogen) atoms. The molecule has 2 aromatic carbocycles. The summed E-state index contributed by atoms with van der Waals surface area (Å²) >= 11 is 0. The Bertz CT molecular complexity index is 1170. The summed E-state index contributed by atoms with van der Waals surface area (Å²) in [7, 11) is -2.90. The number of piperazine rings is 1. The van der Waals surface area contributed by atoms with Crippen molar-refractivity contribution in [2.45, 2.75) is 19.5 Å². The Morgan fingerprint density at radius 3 is 2.45 bits per heavy atom. The quantitative estimate of drug-likeness (QED) is 0.608. The van der Waals surface area contributed by atoms with Crippen LogP contribution in [0.25, 0.3) is 11.0 Å². The predicted molar refractivity (Wildman–Crippen MR) is 120 cm³/mol. The van der Waals surface area contributed by atoms with Crippen molar-refractivity contribution in [2.24, 2.45) is 5.92 Å². The van der Waals surface area contributed by atoms with E-state index < -0.39 is 9.84 Å². The highest BCUT2D eigenvalue weighted by atomic mass is 32.2. The third kappa shape index (κ3) is 4.45. The average molecular weight is 443 g/mol. The second-order valence-electron chi connectivity index (χ2n) is 8.64. The molecule has 5 rings (SSSR count). The number of hydrogen-bond donors (Lipinski definition) is 0. The molecular formula is C23H27FN4O2S. The van der Waals surface area contributed by atoms with E-state index in [0.29, 0.717) is 12.2 Å². The highest BCUT2D eigenvalue weighted by Crippen LogP contribution is 2.25. The molecule has 0 spiro atoms. The fraction of sp³-hybridized carbons (Fsp3) is 0.435. The van der Waals surface area contributed by atoms with Crippen molar-refractivity contribution in [3.8, 4) is 0 Å². The lowest BCUT2D eigenvalue weighted by Gasteiger charge is -2.36. The van der Waals surface area contributed by atoms with Crippen LogP contribution in [0.2, 0.25) is 0 Å². The standard InChI is InChI=1S/C23H27FN4O2S/c24-19-5-7-20(8-6-19)27-12-10-26(11-13-27)17-28-22-4-2-1-3-21(22)25-23(28)15-18-9-14-31(29,30)16-18/h1-8,18H,9-17H2. The molecule has 0 bridgehead atoms. The molecule has 3 aromatic rings. The Balaban J connectivity index is 1.31. The van der Waals surface area contributed by atoms with Gasteiger partial charge in [0.1, 0.15) is 11.6 Å². The Morgan fingerprint density at radius 2 is 1.74 bits per heavy atom. The van der Waals surface area contributed by atoms with Gasteiger partial charge in [-0.05, 0) is 48.7 Å². The molecule has 6 nitrogen and oxygen atoms in total. The summed E-state index contributed by atoms with van der Waals surface area (Å²) in [6, 6.07) is 14.8. The van der Waals surface area contributed by atoms with Crippen LogP contribution < -0.4 is 4.90 Å². The maximum absolute atomic E-state index is 13.2. The van der Waals surface area contributed by atoms with Crippen LogP contribution in [0.15, 0.2) is 48.5 Å². The molecule has 1 unspecified atom stereocenters. The first-order valence-electron chi connectivity index (χ1n) is 10.8. The van der Waals surface area contributed by atoms with Crippen LogP contribution in [-0.2, 0) is 22.9 Å². The minimum Gasteiger partial charge on any atom is -0.369 e. The molecule has 2 saturated heterocycles. The van der Waals surface area contributed by atoms with E-state index in [0.717, 1.165) is 61.8 Å². The van der Waals surface area contributed by atoms with Crippen molar-refractivity contribution in [1.29, 1.82) is 0 Å². The van der Waals surface area contributed by atoms with Crippen molar-refractivity contribution in [1.82, 2.24) is 14.5 Å². The topological polar surface area (TPSA) is 58.4 Å². The molecule has 1 atom stereocenters. The van der Waals surface area contributed by atoms with Gasteiger partial charge in [0.2, 0.25) is 0 Å². The van der Waals surface area contributed by atoms with E-state index >= 15 is 0 Å². The zero-order valence-electron chi connectivity index (χ0n) is 17.5. The monoisotopic (exact) mass is 442 g/mol.